The quantitative estimate of drug-likeness (QED) is 0.0585. The SMILES string of the molecule is COc1cc(NC(=O)/C(N=Nc2ccc(-c3ccc(N=N/C(C(=O)Nc4cc(OC)c(Cl)cc4OC)=C(/C)O)c(Cl)c3)cc2Cl)=C(\C)O)c(OC)cc1C. The zero-order valence-corrected chi connectivity index (χ0v) is 32.3. The van der Waals surface area contributed by atoms with Gasteiger partial charge in [0.15, 0.2) is 11.4 Å². The number of carbonyl (C=O) groups is 2. The van der Waals surface area contributed by atoms with Crippen molar-refractivity contribution in [3.8, 4) is 34.1 Å². The Morgan fingerprint density at radius 1 is 0.574 bits per heavy atom. The van der Waals surface area contributed by atoms with Crippen LogP contribution in [0.15, 0.2) is 104 Å². The highest BCUT2D eigenvalue weighted by Gasteiger charge is 2.20. The molecule has 0 unspecified atom stereocenters. The summed E-state index contributed by atoms with van der Waals surface area (Å²) in [6, 6.07) is 16.0. The van der Waals surface area contributed by atoms with Crippen molar-refractivity contribution in [2.45, 2.75) is 20.8 Å². The fourth-order valence-electron chi connectivity index (χ4n) is 4.78. The molecule has 0 aliphatic carbocycles. The van der Waals surface area contributed by atoms with Crippen molar-refractivity contribution in [3.63, 3.8) is 0 Å². The number of azo groups is 2. The Bertz CT molecular complexity index is 2060. The maximum absolute atomic E-state index is 13.1. The number of amides is 2. The molecule has 0 heterocycles. The maximum atomic E-state index is 13.1. The molecule has 4 rings (SSSR count). The van der Waals surface area contributed by atoms with Crippen molar-refractivity contribution < 1.29 is 38.7 Å². The van der Waals surface area contributed by atoms with Crippen LogP contribution in [0.25, 0.3) is 11.1 Å². The van der Waals surface area contributed by atoms with Gasteiger partial charge in [-0.3, -0.25) is 9.59 Å². The fourth-order valence-corrected chi connectivity index (χ4v) is 5.44. The lowest BCUT2D eigenvalue weighted by Crippen LogP contribution is -2.15. The molecular weight excluding hydrogens is 763 g/mol. The van der Waals surface area contributed by atoms with E-state index in [1.165, 1.54) is 54.4 Å². The van der Waals surface area contributed by atoms with Crippen LogP contribution in [-0.4, -0.2) is 50.5 Å². The summed E-state index contributed by atoms with van der Waals surface area (Å²) in [7, 11) is 5.78. The maximum Gasteiger partial charge on any atom is 0.279 e. The molecular formula is C37H35Cl3N6O8. The number of rotatable bonds is 13. The first-order valence-electron chi connectivity index (χ1n) is 15.7. The minimum Gasteiger partial charge on any atom is -0.510 e. The highest BCUT2D eigenvalue weighted by atomic mass is 35.5. The number of anilines is 2. The second kappa shape index (κ2) is 18.3. The molecule has 0 spiro atoms. The van der Waals surface area contributed by atoms with E-state index in [1.807, 2.05) is 6.92 Å². The molecule has 4 aromatic carbocycles. The number of allylic oxidation sites excluding steroid dienone is 2. The third-order valence-corrected chi connectivity index (χ3v) is 8.45. The van der Waals surface area contributed by atoms with Crippen LogP contribution >= 0.6 is 34.8 Å². The highest BCUT2D eigenvalue weighted by Crippen LogP contribution is 2.38. The van der Waals surface area contributed by atoms with Crippen molar-refractivity contribution in [3.05, 3.63) is 104 Å². The predicted octanol–water partition coefficient (Wildman–Crippen LogP) is 10.7. The summed E-state index contributed by atoms with van der Waals surface area (Å²) < 4.78 is 21.2. The van der Waals surface area contributed by atoms with Crippen LogP contribution < -0.4 is 29.6 Å². The molecule has 14 nitrogen and oxygen atoms in total. The third-order valence-electron chi connectivity index (χ3n) is 7.55. The topological polar surface area (TPSA) is 185 Å². The van der Waals surface area contributed by atoms with Crippen molar-refractivity contribution in [2.75, 3.05) is 39.1 Å². The summed E-state index contributed by atoms with van der Waals surface area (Å²) in [6.45, 7) is 4.41. The molecule has 4 aromatic rings. The first-order chi connectivity index (χ1) is 25.7. The summed E-state index contributed by atoms with van der Waals surface area (Å²) in [5, 5.41) is 42.5. The molecule has 282 valence electrons. The van der Waals surface area contributed by atoms with Gasteiger partial charge in [0.1, 0.15) is 45.9 Å². The van der Waals surface area contributed by atoms with Crippen LogP contribution in [0, 0.1) is 6.92 Å². The molecule has 0 saturated heterocycles. The lowest BCUT2D eigenvalue weighted by atomic mass is 10.1. The molecule has 0 fully saturated rings. The number of hydrogen-bond acceptors (Lipinski definition) is 12. The second-order valence-electron chi connectivity index (χ2n) is 11.2. The molecule has 0 aliphatic rings. The predicted molar refractivity (Wildman–Crippen MR) is 208 cm³/mol. The van der Waals surface area contributed by atoms with Crippen molar-refractivity contribution in [1.82, 2.24) is 0 Å². The Morgan fingerprint density at radius 2 is 0.981 bits per heavy atom. The van der Waals surface area contributed by atoms with E-state index in [9.17, 15) is 19.8 Å². The average Bonchev–Trinajstić information content (AvgIpc) is 3.13. The number of ether oxygens (including phenoxy) is 4. The second-order valence-corrected chi connectivity index (χ2v) is 12.4. The smallest absolute Gasteiger partial charge is 0.279 e. The van der Waals surface area contributed by atoms with Crippen molar-refractivity contribution in [1.29, 1.82) is 0 Å². The van der Waals surface area contributed by atoms with Crippen LogP contribution in [0.5, 0.6) is 23.0 Å². The van der Waals surface area contributed by atoms with E-state index in [2.05, 4.69) is 31.1 Å². The van der Waals surface area contributed by atoms with E-state index in [4.69, 9.17) is 53.8 Å². The summed E-state index contributed by atoms with van der Waals surface area (Å²) in [5.74, 6) is -0.874. The normalized spacial score (nSPS) is 12.3. The third kappa shape index (κ3) is 9.77. The number of halogens is 3. The van der Waals surface area contributed by atoms with Gasteiger partial charge in [0.05, 0.1) is 54.9 Å². The van der Waals surface area contributed by atoms with Crippen LogP contribution in [0.3, 0.4) is 0 Å². The van der Waals surface area contributed by atoms with Gasteiger partial charge in [-0.1, -0.05) is 46.9 Å². The lowest BCUT2D eigenvalue weighted by Gasteiger charge is -2.14. The molecule has 0 aromatic heterocycles. The van der Waals surface area contributed by atoms with Crippen LogP contribution in [0.1, 0.15) is 19.4 Å². The Labute approximate surface area is 325 Å². The first kappa shape index (κ1) is 40.9. The van der Waals surface area contributed by atoms with Gasteiger partial charge in [-0.25, -0.2) is 0 Å². The number of carbonyl (C=O) groups excluding carboxylic acids is 2. The van der Waals surface area contributed by atoms with Gasteiger partial charge < -0.3 is 39.8 Å². The minimum absolute atomic E-state index is 0.178. The van der Waals surface area contributed by atoms with Gasteiger partial charge in [0, 0.05) is 18.2 Å². The van der Waals surface area contributed by atoms with Gasteiger partial charge in [0.25, 0.3) is 11.8 Å². The number of aryl methyl sites for hydroxylation is 1. The number of aliphatic hydroxyl groups is 2. The van der Waals surface area contributed by atoms with Crippen LogP contribution in [0.4, 0.5) is 22.7 Å². The van der Waals surface area contributed by atoms with Crippen LogP contribution in [-0.2, 0) is 9.59 Å². The van der Waals surface area contributed by atoms with Gasteiger partial charge in [-0.2, -0.15) is 0 Å². The number of nitrogens with zero attached hydrogens (tertiary/aromatic N) is 4. The van der Waals surface area contributed by atoms with Gasteiger partial charge >= 0.3 is 0 Å². The summed E-state index contributed by atoms with van der Waals surface area (Å²) in [6.07, 6.45) is 0. The van der Waals surface area contributed by atoms with Gasteiger partial charge in [-0.15, -0.1) is 20.5 Å². The van der Waals surface area contributed by atoms with E-state index >= 15 is 0 Å². The Balaban J connectivity index is 1.51. The number of hydrogen-bond donors (Lipinski definition) is 4. The van der Waals surface area contributed by atoms with Gasteiger partial charge in [0.2, 0.25) is 0 Å². The van der Waals surface area contributed by atoms with Crippen molar-refractivity contribution in [2.24, 2.45) is 20.5 Å². The molecule has 17 heteroatoms. The molecule has 4 N–H and O–H groups in total. The Hall–Kier alpha value is -5.83. The summed E-state index contributed by atoms with van der Waals surface area (Å²) in [4.78, 5) is 26.2. The molecule has 0 saturated carbocycles. The monoisotopic (exact) mass is 796 g/mol. The Morgan fingerprint density at radius 3 is 1.37 bits per heavy atom. The lowest BCUT2D eigenvalue weighted by molar-refractivity contribution is -0.113. The zero-order valence-electron chi connectivity index (χ0n) is 30.0. The van der Waals surface area contributed by atoms with E-state index in [0.29, 0.717) is 28.3 Å². The van der Waals surface area contributed by atoms with Crippen LogP contribution in [0.2, 0.25) is 15.1 Å². The van der Waals surface area contributed by atoms with Gasteiger partial charge in [-0.05, 0) is 67.8 Å². The molecule has 2 amide bonds. The fraction of sp³-hybridized carbons (Fsp3) is 0.189. The number of aliphatic hydroxyl groups excluding tert-OH is 2. The van der Waals surface area contributed by atoms with E-state index in [-0.39, 0.29) is 60.8 Å². The Kier molecular flexibility index (Phi) is 13.9. The molecule has 0 aliphatic heterocycles. The summed E-state index contributed by atoms with van der Waals surface area (Å²) >= 11 is 19.2. The van der Waals surface area contributed by atoms with Crippen molar-refractivity contribution >= 4 is 69.4 Å². The molecule has 0 bridgehead atoms. The standard InChI is InChI=1S/C37H35Cl3N6O8/c1-18-12-32(53-6)28(16-30(18)51-4)41-36(49)34(19(2)47)45-43-26-10-8-21(13-23(26)38)22-9-11-27(24(39)14-22)44-46-35(20(3)48)37(50)42-29-17-31(52-5)25(40)15-33(29)54-7/h8-17,47-48H,1-7H3,(H,41,49)(H,42,50)/b34-19-,35-20-,45-43?,46-44?. The van der Waals surface area contributed by atoms with E-state index in [1.54, 1.807) is 48.5 Å². The molecule has 0 atom stereocenters. The number of nitrogens with one attached hydrogen (secondary N) is 2. The number of methoxy groups -OCH3 is 4. The first-order valence-corrected chi connectivity index (χ1v) is 16.8. The average molecular weight is 798 g/mol. The number of benzene rings is 4. The zero-order chi connectivity index (χ0) is 39.7. The van der Waals surface area contributed by atoms with E-state index in [0.717, 1.165) is 5.56 Å². The minimum atomic E-state index is -0.786. The molecule has 54 heavy (non-hydrogen) atoms. The largest absolute Gasteiger partial charge is 0.510 e. The van der Waals surface area contributed by atoms with E-state index < -0.39 is 17.6 Å². The molecule has 0 radical (unpaired) electrons. The summed E-state index contributed by atoms with van der Waals surface area (Å²) in [5.41, 5.74) is 2.28. The highest BCUT2D eigenvalue weighted by molar-refractivity contribution is 6.34.